The fourth-order valence-corrected chi connectivity index (χ4v) is 3.99. The minimum atomic E-state index is -2.76. The van der Waals surface area contributed by atoms with Crippen LogP contribution in [0.3, 0.4) is 0 Å². The molecule has 2 atom stereocenters. The summed E-state index contributed by atoms with van der Waals surface area (Å²) in [5.74, 6) is 1.33. The first-order valence-corrected chi connectivity index (χ1v) is 8.22. The van der Waals surface area contributed by atoms with Gasteiger partial charge in [0.05, 0.1) is 11.5 Å². The zero-order chi connectivity index (χ0) is 13.1. The molecule has 1 N–H and O–H groups in total. The maximum Gasteiger partial charge on any atom is 0.151 e. The molecule has 0 amide bonds. The van der Waals surface area contributed by atoms with Crippen LogP contribution in [0.25, 0.3) is 0 Å². The summed E-state index contributed by atoms with van der Waals surface area (Å²) in [6.07, 6.45) is 1.91. The molecule has 0 aromatic rings. The number of rotatable bonds is 6. The lowest BCUT2D eigenvalue weighted by Gasteiger charge is -2.27. The highest BCUT2D eigenvalue weighted by Crippen LogP contribution is 2.13. The zero-order valence-electron chi connectivity index (χ0n) is 11.4. The van der Waals surface area contributed by atoms with Crippen molar-refractivity contribution in [1.82, 2.24) is 10.2 Å². The predicted molar refractivity (Wildman–Crippen MR) is 72.0 cm³/mol. The van der Waals surface area contributed by atoms with Crippen molar-refractivity contribution in [3.8, 4) is 0 Å². The van der Waals surface area contributed by atoms with E-state index in [0.29, 0.717) is 23.5 Å². The second kappa shape index (κ2) is 6.16. The summed E-state index contributed by atoms with van der Waals surface area (Å²) in [5, 5.41) is 3.40. The third kappa shape index (κ3) is 5.36. The Morgan fingerprint density at radius 3 is 2.41 bits per heavy atom. The van der Waals surface area contributed by atoms with Gasteiger partial charge < -0.3 is 10.2 Å². The summed E-state index contributed by atoms with van der Waals surface area (Å²) in [6, 6.07) is 0.646. The number of sulfone groups is 1. The maximum atomic E-state index is 11.3. The van der Waals surface area contributed by atoms with Gasteiger partial charge in [0, 0.05) is 18.6 Å². The SMILES string of the molecule is CC(C)CC(CNC1CCS(=O)(=O)C1)N(C)C. The Hall–Kier alpha value is -0.130. The smallest absolute Gasteiger partial charge is 0.151 e. The molecule has 0 aromatic carbocycles. The second-order valence-corrected chi connectivity index (χ2v) is 7.98. The van der Waals surface area contributed by atoms with Crippen LogP contribution >= 0.6 is 0 Å². The van der Waals surface area contributed by atoms with E-state index in [0.717, 1.165) is 19.4 Å². The van der Waals surface area contributed by atoms with Gasteiger partial charge in [0.2, 0.25) is 0 Å². The third-order valence-corrected chi connectivity index (χ3v) is 5.12. The van der Waals surface area contributed by atoms with Gasteiger partial charge >= 0.3 is 0 Å². The van der Waals surface area contributed by atoms with Crippen LogP contribution in [0.15, 0.2) is 0 Å². The normalized spacial score (nSPS) is 25.6. The lowest BCUT2D eigenvalue weighted by Crippen LogP contribution is -2.43. The molecule has 17 heavy (non-hydrogen) atoms. The molecule has 0 saturated carbocycles. The summed E-state index contributed by atoms with van der Waals surface area (Å²) in [7, 11) is 1.40. The maximum absolute atomic E-state index is 11.3. The van der Waals surface area contributed by atoms with Crippen molar-refractivity contribution in [2.45, 2.75) is 38.8 Å². The zero-order valence-corrected chi connectivity index (χ0v) is 12.3. The van der Waals surface area contributed by atoms with Gasteiger partial charge in [0.15, 0.2) is 9.84 Å². The number of hydrogen-bond donors (Lipinski definition) is 1. The molecule has 1 aliphatic heterocycles. The van der Waals surface area contributed by atoms with Crippen LogP contribution in [-0.4, -0.2) is 57.5 Å². The topological polar surface area (TPSA) is 49.4 Å². The van der Waals surface area contributed by atoms with Gasteiger partial charge in [-0.05, 0) is 32.9 Å². The monoisotopic (exact) mass is 262 g/mol. The van der Waals surface area contributed by atoms with Crippen molar-refractivity contribution >= 4 is 9.84 Å². The second-order valence-electron chi connectivity index (χ2n) is 5.76. The average Bonchev–Trinajstić information content (AvgIpc) is 2.52. The van der Waals surface area contributed by atoms with E-state index in [1.54, 1.807) is 0 Å². The molecule has 0 aliphatic carbocycles. The van der Waals surface area contributed by atoms with E-state index < -0.39 is 9.84 Å². The number of nitrogens with one attached hydrogen (secondary N) is 1. The van der Waals surface area contributed by atoms with Crippen molar-refractivity contribution in [2.75, 3.05) is 32.1 Å². The van der Waals surface area contributed by atoms with Crippen molar-refractivity contribution in [2.24, 2.45) is 5.92 Å². The van der Waals surface area contributed by atoms with E-state index in [2.05, 4.69) is 38.2 Å². The summed E-state index contributed by atoms with van der Waals surface area (Å²) in [6.45, 7) is 5.32. The van der Waals surface area contributed by atoms with Crippen molar-refractivity contribution < 1.29 is 8.42 Å². The molecule has 0 spiro atoms. The molecule has 0 radical (unpaired) electrons. The Bertz CT molecular complexity index is 325. The predicted octanol–water partition coefficient (Wildman–Crippen LogP) is 0.739. The summed E-state index contributed by atoms with van der Waals surface area (Å²) in [4.78, 5) is 2.22. The molecule has 1 saturated heterocycles. The molecule has 102 valence electrons. The first kappa shape index (κ1) is 14.9. The first-order chi connectivity index (χ1) is 7.80. The Kier molecular flexibility index (Phi) is 5.41. The lowest BCUT2D eigenvalue weighted by molar-refractivity contribution is 0.242. The molecule has 2 unspecified atom stereocenters. The van der Waals surface area contributed by atoms with E-state index in [1.165, 1.54) is 0 Å². The van der Waals surface area contributed by atoms with Crippen LogP contribution < -0.4 is 5.32 Å². The molecular formula is C12H26N2O2S. The van der Waals surface area contributed by atoms with Gasteiger partial charge in [0.25, 0.3) is 0 Å². The van der Waals surface area contributed by atoms with E-state index in [-0.39, 0.29) is 6.04 Å². The van der Waals surface area contributed by atoms with Crippen LogP contribution in [0.1, 0.15) is 26.7 Å². The van der Waals surface area contributed by atoms with Gasteiger partial charge in [0.1, 0.15) is 0 Å². The van der Waals surface area contributed by atoms with E-state index in [1.807, 2.05) is 0 Å². The van der Waals surface area contributed by atoms with Gasteiger partial charge in [-0.3, -0.25) is 0 Å². The van der Waals surface area contributed by atoms with Crippen LogP contribution in [0.2, 0.25) is 0 Å². The Labute approximate surface area is 106 Å². The highest BCUT2D eigenvalue weighted by atomic mass is 32.2. The molecule has 5 heteroatoms. The van der Waals surface area contributed by atoms with Crippen LogP contribution in [-0.2, 0) is 9.84 Å². The minimum Gasteiger partial charge on any atom is -0.311 e. The highest BCUT2D eigenvalue weighted by Gasteiger charge is 2.28. The standard InChI is InChI=1S/C12H26N2O2S/c1-10(2)7-12(14(3)4)8-13-11-5-6-17(15,16)9-11/h10-13H,5-9H2,1-4H3. The number of nitrogens with zero attached hydrogens (tertiary/aromatic N) is 1. The first-order valence-electron chi connectivity index (χ1n) is 6.40. The van der Waals surface area contributed by atoms with Gasteiger partial charge in [-0.1, -0.05) is 13.8 Å². The molecule has 0 bridgehead atoms. The molecule has 1 heterocycles. The molecule has 1 rings (SSSR count). The van der Waals surface area contributed by atoms with Gasteiger partial charge in [-0.25, -0.2) is 8.42 Å². The molecule has 0 aromatic heterocycles. The third-order valence-electron chi connectivity index (χ3n) is 3.35. The van der Waals surface area contributed by atoms with Crippen molar-refractivity contribution in [3.63, 3.8) is 0 Å². The Balaban J connectivity index is 2.37. The van der Waals surface area contributed by atoms with Gasteiger partial charge in [-0.15, -0.1) is 0 Å². The molecular weight excluding hydrogens is 236 g/mol. The minimum absolute atomic E-state index is 0.162. The summed E-state index contributed by atoms with van der Waals surface area (Å²) in [5.41, 5.74) is 0. The fraction of sp³-hybridized carbons (Fsp3) is 1.00. The van der Waals surface area contributed by atoms with Gasteiger partial charge in [-0.2, -0.15) is 0 Å². The molecule has 1 fully saturated rings. The molecule has 1 aliphatic rings. The Morgan fingerprint density at radius 2 is 2.00 bits per heavy atom. The number of hydrogen-bond acceptors (Lipinski definition) is 4. The quantitative estimate of drug-likeness (QED) is 0.767. The summed E-state index contributed by atoms with van der Waals surface area (Å²) < 4.78 is 22.7. The van der Waals surface area contributed by atoms with Crippen molar-refractivity contribution in [3.05, 3.63) is 0 Å². The van der Waals surface area contributed by atoms with E-state index in [9.17, 15) is 8.42 Å². The average molecular weight is 262 g/mol. The Morgan fingerprint density at radius 1 is 1.35 bits per heavy atom. The number of likely N-dealkylation sites (N-methyl/N-ethyl adjacent to an activating group) is 1. The molecule has 4 nitrogen and oxygen atoms in total. The van der Waals surface area contributed by atoms with Crippen LogP contribution in [0.4, 0.5) is 0 Å². The van der Waals surface area contributed by atoms with Crippen LogP contribution in [0, 0.1) is 5.92 Å². The van der Waals surface area contributed by atoms with E-state index >= 15 is 0 Å². The van der Waals surface area contributed by atoms with E-state index in [4.69, 9.17) is 0 Å². The lowest BCUT2D eigenvalue weighted by atomic mass is 10.0. The highest BCUT2D eigenvalue weighted by molar-refractivity contribution is 7.91. The van der Waals surface area contributed by atoms with Crippen LogP contribution in [0.5, 0.6) is 0 Å². The van der Waals surface area contributed by atoms with Crippen molar-refractivity contribution in [1.29, 1.82) is 0 Å². The summed E-state index contributed by atoms with van der Waals surface area (Å²) >= 11 is 0. The fourth-order valence-electron chi connectivity index (χ4n) is 2.28. The largest absolute Gasteiger partial charge is 0.311 e.